The number of aromatic carboxylic acids is 1. The van der Waals surface area contributed by atoms with Crippen LogP contribution in [0.1, 0.15) is 10.4 Å². The van der Waals surface area contributed by atoms with E-state index in [0.717, 1.165) is 6.07 Å². The van der Waals surface area contributed by atoms with Gasteiger partial charge in [0.15, 0.2) is 6.61 Å². The van der Waals surface area contributed by atoms with Gasteiger partial charge < -0.3 is 15.6 Å². The lowest BCUT2D eigenvalue weighted by molar-refractivity contribution is -0.153. The van der Waals surface area contributed by atoms with Crippen LogP contribution in [-0.2, 0) is 0 Å². The van der Waals surface area contributed by atoms with E-state index in [1.165, 1.54) is 12.1 Å². The van der Waals surface area contributed by atoms with Crippen molar-refractivity contribution in [3.8, 4) is 5.75 Å². The topological polar surface area (TPSA) is 72.5 Å². The van der Waals surface area contributed by atoms with Gasteiger partial charge in [0.05, 0.1) is 5.56 Å². The number of benzene rings is 1. The van der Waals surface area contributed by atoms with Crippen molar-refractivity contribution in [2.24, 2.45) is 0 Å². The summed E-state index contributed by atoms with van der Waals surface area (Å²) in [6, 6.07) is 3.30. The van der Waals surface area contributed by atoms with Gasteiger partial charge in [-0.1, -0.05) is 0 Å². The van der Waals surface area contributed by atoms with Gasteiger partial charge >= 0.3 is 12.1 Å². The molecule has 1 rings (SSSR count). The van der Waals surface area contributed by atoms with Crippen molar-refractivity contribution in [2.75, 3.05) is 12.3 Å². The Balaban J connectivity index is 2.83. The van der Waals surface area contributed by atoms with Crippen LogP contribution < -0.4 is 10.5 Å². The first-order valence-electron chi connectivity index (χ1n) is 4.12. The van der Waals surface area contributed by atoms with E-state index in [-0.39, 0.29) is 17.0 Å². The maximum Gasteiger partial charge on any atom is 0.422 e. The van der Waals surface area contributed by atoms with Crippen LogP contribution in [0.5, 0.6) is 5.75 Å². The normalized spacial score (nSPS) is 11.2. The van der Waals surface area contributed by atoms with E-state index in [4.69, 9.17) is 10.8 Å². The lowest BCUT2D eigenvalue weighted by Gasteiger charge is -2.10. The van der Waals surface area contributed by atoms with Crippen molar-refractivity contribution in [1.29, 1.82) is 0 Å². The number of carboxylic acids is 1. The van der Waals surface area contributed by atoms with Crippen LogP contribution >= 0.6 is 0 Å². The molecule has 4 nitrogen and oxygen atoms in total. The first kappa shape index (κ1) is 12.2. The molecule has 0 radical (unpaired) electrons. The van der Waals surface area contributed by atoms with Crippen LogP contribution in [0.25, 0.3) is 0 Å². The number of hydrogen-bond donors (Lipinski definition) is 2. The lowest BCUT2D eigenvalue weighted by atomic mass is 10.2. The molecule has 0 aliphatic rings. The van der Waals surface area contributed by atoms with Crippen molar-refractivity contribution < 1.29 is 27.8 Å². The second-order valence-electron chi connectivity index (χ2n) is 2.96. The minimum atomic E-state index is -4.47. The molecule has 0 saturated heterocycles. The van der Waals surface area contributed by atoms with E-state index in [0.29, 0.717) is 0 Å². The molecule has 0 fully saturated rings. The van der Waals surface area contributed by atoms with Crippen LogP contribution in [0, 0.1) is 0 Å². The first-order chi connectivity index (χ1) is 7.29. The molecule has 7 heteroatoms. The summed E-state index contributed by atoms with van der Waals surface area (Å²) >= 11 is 0. The molecule has 0 atom stereocenters. The Bertz CT molecular complexity index is 403. The van der Waals surface area contributed by atoms with E-state index < -0.39 is 18.8 Å². The third kappa shape index (κ3) is 3.34. The summed E-state index contributed by atoms with van der Waals surface area (Å²) in [5.74, 6) is -1.51. The van der Waals surface area contributed by atoms with E-state index in [9.17, 15) is 18.0 Å². The summed E-state index contributed by atoms with van der Waals surface area (Å²) in [7, 11) is 0. The molecule has 1 aromatic carbocycles. The zero-order valence-electron chi connectivity index (χ0n) is 7.91. The number of alkyl halides is 3. The Morgan fingerprint density at radius 3 is 2.56 bits per heavy atom. The summed E-state index contributed by atoms with van der Waals surface area (Å²) < 4.78 is 39.8. The monoisotopic (exact) mass is 235 g/mol. The fourth-order valence-corrected chi connectivity index (χ4v) is 0.976. The zero-order chi connectivity index (χ0) is 12.3. The highest BCUT2D eigenvalue weighted by atomic mass is 19.4. The fraction of sp³-hybridized carbons (Fsp3) is 0.222. The van der Waals surface area contributed by atoms with E-state index >= 15 is 0 Å². The third-order valence-electron chi connectivity index (χ3n) is 1.66. The van der Waals surface area contributed by atoms with Crippen molar-refractivity contribution in [2.45, 2.75) is 6.18 Å². The van der Waals surface area contributed by atoms with Crippen molar-refractivity contribution in [3.63, 3.8) is 0 Å². The van der Waals surface area contributed by atoms with Gasteiger partial charge in [-0.25, -0.2) is 4.79 Å². The second kappa shape index (κ2) is 4.30. The number of ether oxygens (including phenoxy) is 1. The highest BCUT2D eigenvalue weighted by molar-refractivity contribution is 5.94. The maximum absolute atomic E-state index is 11.8. The third-order valence-corrected chi connectivity index (χ3v) is 1.66. The van der Waals surface area contributed by atoms with Gasteiger partial charge in [-0.05, 0) is 18.2 Å². The first-order valence-corrected chi connectivity index (χ1v) is 4.12. The summed E-state index contributed by atoms with van der Waals surface area (Å²) in [5.41, 5.74) is 4.99. The summed E-state index contributed by atoms with van der Waals surface area (Å²) in [6.07, 6.45) is -4.47. The Hall–Kier alpha value is -1.92. The molecule has 3 N–H and O–H groups in total. The van der Waals surface area contributed by atoms with Gasteiger partial charge in [0, 0.05) is 5.69 Å². The molecule has 0 unspecified atom stereocenters. The van der Waals surface area contributed by atoms with Gasteiger partial charge in [0.2, 0.25) is 0 Å². The molecule has 88 valence electrons. The molecular weight excluding hydrogens is 227 g/mol. The van der Waals surface area contributed by atoms with Gasteiger partial charge in [-0.3, -0.25) is 0 Å². The molecule has 0 aliphatic carbocycles. The van der Waals surface area contributed by atoms with Crippen LogP contribution in [-0.4, -0.2) is 23.9 Å². The smallest absolute Gasteiger partial charge is 0.422 e. The number of hydrogen-bond acceptors (Lipinski definition) is 3. The summed E-state index contributed by atoms with van der Waals surface area (Å²) in [6.45, 7) is -1.48. The predicted octanol–water partition coefficient (Wildman–Crippen LogP) is 1.91. The quantitative estimate of drug-likeness (QED) is 0.785. The lowest BCUT2D eigenvalue weighted by Crippen LogP contribution is -2.19. The molecule has 0 saturated carbocycles. The molecular formula is C9H8F3NO3. The summed E-state index contributed by atoms with van der Waals surface area (Å²) in [4.78, 5) is 10.6. The SMILES string of the molecule is Nc1ccc(OCC(F)(F)F)cc1C(=O)O. The Morgan fingerprint density at radius 1 is 1.44 bits per heavy atom. The number of nitrogen functional groups attached to an aromatic ring is 1. The van der Waals surface area contributed by atoms with Gasteiger partial charge in [-0.15, -0.1) is 0 Å². The highest BCUT2D eigenvalue weighted by Crippen LogP contribution is 2.22. The average molecular weight is 235 g/mol. The second-order valence-corrected chi connectivity index (χ2v) is 2.96. The maximum atomic E-state index is 11.8. The number of rotatable bonds is 3. The predicted molar refractivity (Wildman–Crippen MR) is 49.4 cm³/mol. The van der Waals surface area contributed by atoms with E-state index in [1.807, 2.05) is 0 Å². The van der Waals surface area contributed by atoms with Gasteiger partial charge in [0.1, 0.15) is 5.75 Å². The minimum absolute atomic E-state index is 0.0353. The van der Waals surface area contributed by atoms with Crippen molar-refractivity contribution >= 4 is 11.7 Å². The van der Waals surface area contributed by atoms with E-state index in [1.54, 1.807) is 0 Å². The molecule has 0 heterocycles. The number of nitrogens with two attached hydrogens (primary N) is 1. The summed E-state index contributed by atoms with van der Waals surface area (Å²) in [5, 5.41) is 8.66. The molecule has 0 aliphatic heterocycles. The molecule has 16 heavy (non-hydrogen) atoms. The standard InChI is InChI=1S/C9H8F3NO3/c10-9(11,12)4-16-5-1-2-7(13)6(3-5)8(14)15/h1-3H,4,13H2,(H,14,15). The zero-order valence-corrected chi connectivity index (χ0v) is 7.91. The van der Waals surface area contributed by atoms with Crippen LogP contribution in [0.4, 0.5) is 18.9 Å². The van der Waals surface area contributed by atoms with Crippen molar-refractivity contribution in [3.05, 3.63) is 23.8 Å². The molecule has 0 aromatic heterocycles. The number of carboxylic acid groups (broad SMARTS) is 1. The average Bonchev–Trinajstić information content (AvgIpc) is 2.14. The largest absolute Gasteiger partial charge is 0.484 e. The minimum Gasteiger partial charge on any atom is -0.484 e. The van der Waals surface area contributed by atoms with Crippen LogP contribution in [0.15, 0.2) is 18.2 Å². The Labute approximate surface area is 88.4 Å². The van der Waals surface area contributed by atoms with Crippen molar-refractivity contribution in [1.82, 2.24) is 0 Å². The Morgan fingerprint density at radius 2 is 2.06 bits per heavy atom. The van der Waals surface area contributed by atoms with Crippen LogP contribution in [0.2, 0.25) is 0 Å². The van der Waals surface area contributed by atoms with Crippen LogP contribution in [0.3, 0.4) is 0 Å². The molecule has 0 bridgehead atoms. The highest BCUT2D eigenvalue weighted by Gasteiger charge is 2.28. The molecule has 0 spiro atoms. The number of halogens is 3. The number of carbonyl (C=O) groups is 1. The molecule has 1 aromatic rings. The molecule has 0 amide bonds. The number of anilines is 1. The fourth-order valence-electron chi connectivity index (χ4n) is 0.976. The Kier molecular flexibility index (Phi) is 3.26. The van der Waals surface area contributed by atoms with E-state index in [2.05, 4.69) is 4.74 Å². The van der Waals surface area contributed by atoms with Gasteiger partial charge in [0.25, 0.3) is 0 Å². The van der Waals surface area contributed by atoms with Gasteiger partial charge in [-0.2, -0.15) is 13.2 Å².